The van der Waals surface area contributed by atoms with Crippen LogP contribution in [0, 0.1) is 0 Å². The summed E-state index contributed by atoms with van der Waals surface area (Å²) in [6.07, 6.45) is 4.41. The predicted octanol–water partition coefficient (Wildman–Crippen LogP) is 1.88. The molecule has 0 aromatic carbocycles. The standard InChI is InChI=1S/C17H22N4O2/c1-3-4-13-9-15(17(22-2)19-11-13)16-10-14(23-20-16)12-21-7-5-18-6-8-21/h3,9-11,18H,1,4-8,12H2,2H3. The first-order valence-corrected chi connectivity index (χ1v) is 7.83. The van der Waals surface area contributed by atoms with Crippen LogP contribution in [0.15, 0.2) is 35.5 Å². The number of methoxy groups -OCH3 is 1. The number of ether oxygens (including phenoxy) is 1. The minimum absolute atomic E-state index is 0.555. The van der Waals surface area contributed by atoms with Crippen molar-refractivity contribution in [2.45, 2.75) is 13.0 Å². The van der Waals surface area contributed by atoms with Crippen molar-refractivity contribution in [3.63, 3.8) is 0 Å². The molecule has 0 spiro atoms. The average Bonchev–Trinajstić information content (AvgIpc) is 3.04. The summed E-state index contributed by atoms with van der Waals surface area (Å²) in [6.45, 7) is 8.62. The number of allylic oxidation sites excluding steroid dienone is 1. The molecule has 3 heterocycles. The molecule has 2 aromatic heterocycles. The third-order valence-electron chi connectivity index (χ3n) is 3.91. The van der Waals surface area contributed by atoms with Gasteiger partial charge in [0.1, 0.15) is 5.69 Å². The number of hydrogen-bond donors (Lipinski definition) is 1. The Kier molecular flexibility index (Phi) is 5.05. The molecule has 122 valence electrons. The number of pyridine rings is 1. The summed E-state index contributed by atoms with van der Waals surface area (Å²) >= 11 is 0. The molecule has 23 heavy (non-hydrogen) atoms. The van der Waals surface area contributed by atoms with Crippen molar-refractivity contribution in [1.82, 2.24) is 20.4 Å². The summed E-state index contributed by atoms with van der Waals surface area (Å²) in [5, 5.41) is 7.54. The van der Waals surface area contributed by atoms with E-state index in [1.165, 1.54) is 0 Å². The smallest absolute Gasteiger partial charge is 0.222 e. The lowest BCUT2D eigenvalue weighted by atomic mass is 10.1. The molecule has 1 fully saturated rings. The molecule has 0 atom stereocenters. The van der Waals surface area contributed by atoms with E-state index in [1.54, 1.807) is 13.3 Å². The molecule has 0 bridgehead atoms. The van der Waals surface area contributed by atoms with Crippen LogP contribution in [0.2, 0.25) is 0 Å². The van der Waals surface area contributed by atoms with Gasteiger partial charge in [0.05, 0.1) is 19.2 Å². The van der Waals surface area contributed by atoms with Gasteiger partial charge in [-0.3, -0.25) is 4.90 Å². The normalized spacial score (nSPS) is 15.5. The molecule has 1 N–H and O–H groups in total. The SMILES string of the molecule is C=CCc1cnc(OC)c(-c2cc(CN3CCNCC3)on2)c1. The lowest BCUT2D eigenvalue weighted by Gasteiger charge is -2.25. The first-order chi connectivity index (χ1) is 11.3. The van der Waals surface area contributed by atoms with Gasteiger partial charge in [0.2, 0.25) is 5.88 Å². The first-order valence-electron chi connectivity index (χ1n) is 7.83. The van der Waals surface area contributed by atoms with Crippen LogP contribution in [0.25, 0.3) is 11.3 Å². The molecular weight excluding hydrogens is 292 g/mol. The van der Waals surface area contributed by atoms with Crippen molar-refractivity contribution in [2.24, 2.45) is 0 Å². The summed E-state index contributed by atoms with van der Waals surface area (Å²) in [4.78, 5) is 6.70. The van der Waals surface area contributed by atoms with Gasteiger partial charge in [0, 0.05) is 38.4 Å². The molecule has 6 nitrogen and oxygen atoms in total. The third kappa shape index (κ3) is 3.78. The lowest BCUT2D eigenvalue weighted by Crippen LogP contribution is -2.42. The van der Waals surface area contributed by atoms with Crippen LogP contribution in [0.1, 0.15) is 11.3 Å². The van der Waals surface area contributed by atoms with Crippen LogP contribution in [0.5, 0.6) is 5.88 Å². The zero-order valence-electron chi connectivity index (χ0n) is 13.4. The van der Waals surface area contributed by atoms with Crippen LogP contribution in [-0.2, 0) is 13.0 Å². The summed E-state index contributed by atoms with van der Waals surface area (Å²) in [5.74, 6) is 1.41. The highest BCUT2D eigenvalue weighted by molar-refractivity contribution is 5.65. The van der Waals surface area contributed by atoms with E-state index in [-0.39, 0.29) is 0 Å². The summed E-state index contributed by atoms with van der Waals surface area (Å²) in [7, 11) is 1.61. The first kappa shape index (κ1) is 15.7. The molecular formula is C17H22N4O2. The quantitative estimate of drug-likeness (QED) is 0.822. The van der Waals surface area contributed by atoms with E-state index in [0.717, 1.165) is 61.7 Å². The Morgan fingerprint density at radius 1 is 1.39 bits per heavy atom. The van der Waals surface area contributed by atoms with Crippen molar-refractivity contribution >= 4 is 0 Å². The monoisotopic (exact) mass is 314 g/mol. The van der Waals surface area contributed by atoms with E-state index in [2.05, 4.69) is 26.9 Å². The lowest BCUT2D eigenvalue weighted by molar-refractivity contribution is 0.207. The van der Waals surface area contributed by atoms with E-state index in [4.69, 9.17) is 9.26 Å². The van der Waals surface area contributed by atoms with Gasteiger partial charge in [-0.15, -0.1) is 6.58 Å². The fourth-order valence-electron chi connectivity index (χ4n) is 2.72. The molecule has 0 aliphatic carbocycles. The van der Waals surface area contributed by atoms with Gasteiger partial charge in [0.15, 0.2) is 5.76 Å². The Labute approximate surface area is 136 Å². The molecule has 1 aliphatic heterocycles. The second-order valence-electron chi connectivity index (χ2n) is 5.60. The fourth-order valence-corrected chi connectivity index (χ4v) is 2.72. The Morgan fingerprint density at radius 3 is 2.96 bits per heavy atom. The molecule has 6 heteroatoms. The van der Waals surface area contributed by atoms with Crippen molar-refractivity contribution in [3.05, 3.63) is 42.3 Å². The highest BCUT2D eigenvalue weighted by atomic mass is 16.5. The van der Waals surface area contributed by atoms with E-state index in [1.807, 2.05) is 18.2 Å². The van der Waals surface area contributed by atoms with E-state index in [0.29, 0.717) is 5.88 Å². The molecule has 1 saturated heterocycles. The molecule has 2 aromatic rings. The number of nitrogens with zero attached hydrogens (tertiary/aromatic N) is 3. The number of hydrogen-bond acceptors (Lipinski definition) is 6. The second kappa shape index (κ2) is 7.39. The third-order valence-corrected chi connectivity index (χ3v) is 3.91. The average molecular weight is 314 g/mol. The van der Waals surface area contributed by atoms with E-state index < -0.39 is 0 Å². The zero-order valence-corrected chi connectivity index (χ0v) is 13.4. The van der Waals surface area contributed by atoms with Crippen LogP contribution in [0.4, 0.5) is 0 Å². The largest absolute Gasteiger partial charge is 0.481 e. The number of nitrogens with one attached hydrogen (secondary N) is 1. The second-order valence-corrected chi connectivity index (χ2v) is 5.60. The highest BCUT2D eigenvalue weighted by Crippen LogP contribution is 2.29. The van der Waals surface area contributed by atoms with Gasteiger partial charge in [-0.25, -0.2) is 4.98 Å². The topological polar surface area (TPSA) is 63.4 Å². The predicted molar refractivity (Wildman–Crippen MR) is 88.3 cm³/mol. The minimum Gasteiger partial charge on any atom is -0.481 e. The molecule has 0 amide bonds. The van der Waals surface area contributed by atoms with Crippen molar-refractivity contribution < 1.29 is 9.26 Å². The summed E-state index contributed by atoms with van der Waals surface area (Å²) < 4.78 is 10.9. The summed E-state index contributed by atoms with van der Waals surface area (Å²) in [6, 6.07) is 4.00. The Morgan fingerprint density at radius 2 is 2.22 bits per heavy atom. The highest BCUT2D eigenvalue weighted by Gasteiger charge is 2.16. The maximum Gasteiger partial charge on any atom is 0.222 e. The van der Waals surface area contributed by atoms with Gasteiger partial charge < -0.3 is 14.6 Å². The van der Waals surface area contributed by atoms with Crippen LogP contribution in [-0.4, -0.2) is 48.3 Å². The van der Waals surface area contributed by atoms with E-state index >= 15 is 0 Å². The minimum atomic E-state index is 0.555. The van der Waals surface area contributed by atoms with Crippen LogP contribution in [0.3, 0.4) is 0 Å². The van der Waals surface area contributed by atoms with Crippen LogP contribution >= 0.6 is 0 Å². The number of aromatic nitrogens is 2. The fraction of sp³-hybridized carbons (Fsp3) is 0.412. The van der Waals surface area contributed by atoms with Gasteiger partial charge in [-0.1, -0.05) is 11.2 Å². The van der Waals surface area contributed by atoms with Crippen molar-refractivity contribution in [1.29, 1.82) is 0 Å². The molecule has 0 unspecified atom stereocenters. The number of piperazine rings is 1. The Bertz CT molecular complexity index is 662. The maximum absolute atomic E-state index is 5.51. The van der Waals surface area contributed by atoms with E-state index in [9.17, 15) is 0 Å². The molecule has 0 saturated carbocycles. The van der Waals surface area contributed by atoms with Gasteiger partial charge in [-0.2, -0.15) is 0 Å². The zero-order chi connectivity index (χ0) is 16.1. The van der Waals surface area contributed by atoms with Gasteiger partial charge >= 0.3 is 0 Å². The van der Waals surface area contributed by atoms with Crippen molar-refractivity contribution in [3.8, 4) is 17.1 Å². The summed E-state index contributed by atoms with van der Waals surface area (Å²) in [5.41, 5.74) is 2.68. The Hall–Kier alpha value is -2.18. The van der Waals surface area contributed by atoms with Gasteiger partial charge in [0.25, 0.3) is 0 Å². The molecule has 3 rings (SSSR count). The molecule has 1 aliphatic rings. The number of rotatable bonds is 6. The molecule has 0 radical (unpaired) electrons. The van der Waals surface area contributed by atoms with Crippen LogP contribution < -0.4 is 10.1 Å². The maximum atomic E-state index is 5.51. The van der Waals surface area contributed by atoms with Gasteiger partial charge in [-0.05, 0) is 18.1 Å². The van der Waals surface area contributed by atoms with Crippen molar-refractivity contribution in [2.75, 3.05) is 33.3 Å². The Balaban J connectivity index is 1.81.